The molecule has 76 valence electrons. The van der Waals surface area contributed by atoms with Crippen LogP contribution in [0.1, 0.15) is 17.2 Å². The molecule has 4 heteroatoms. The van der Waals surface area contributed by atoms with Gasteiger partial charge < -0.3 is 10.1 Å². The number of ether oxygens (including phenoxy) is 1. The van der Waals surface area contributed by atoms with Crippen LogP contribution in [0.25, 0.3) is 0 Å². The number of nitrogens with one attached hydrogen (secondary N) is 1. The van der Waals surface area contributed by atoms with E-state index in [1.165, 1.54) is 0 Å². The maximum atomic E-state index is 11.1. The largest absolute Gasteiger partial charge is 0.369 e. The first-order chi connectivity index (χ1) is 7.29. The zero-order valence-electron chi connectivity index (χ0n) is 8.06. The van der Waals surface area contributed by atoms with Crippen LogP contribution in [-0.2, 0) is 9.53 Å². The predicted molar refractivity (Wildman–Crippen MR) is 52.9 cm³/mol. The molecule has 1 heterocycles. The Bertz CT molecular complexity index is 406. The van der Waals surface area contributed by atoms with Crippen LogP contribution in [0.15, 0.2) is 24.3 Å². The van der Waals surface area contributed by atoms with Crippen molar-refractivity contribution in [1.29, 1.82) is 5.26 Å². The van der Waals surface area contributed by atoms with Gasteiger partial charge in [0.25, 0.3) is 0 Å². The summed E-state index contributed by atoms with van der Waals surface area (Å²) in [6.45, 7) is 0.615. The van der Waals surface area contributed by atoms with E-state index in [1.54, 1.807) is 12.1 Å². The van der Waals surface area contributed by atoms with Gasteiger partial charge in [-0.15, -0.1) is 0 Å². The second kappa shape index (κ2) is 4.11. The minimum atomic E-state index is -0.101. The van der Waals surface area contributed by atoms with Crippen LogP contribution < -0.4 is 5.32 Å². The van der Waals surface area contributed by atoms with Crippen LogP contribution >= 0.6 is 0 Å². The number of rotatable bonds is 1. The smallest absolute Gasteiger partial charge is 0.246 e. The van der Waals surface area contributed by atoms with E-state index >= 15 is 0 Å². The maximum absolute atomic E-state index is 11.1. The van der Waals surface area contributed by atoms with Crippen LogP contribution in [0, 0.1) is 11.3 Å². The fourth-order valence-corrected chi connectivity index (χ4v) is 1.52. The normalized spacial score (nSPS) is 20.5. The summed E-state index contributed by atoms with van der Waals surface area (Å²) in [6, 6.07) is 9.08. The van der Waals surface area contributed by atoms with Crippen molar-refractivity contribution in [2.24, 2.45) is 0 Å². The number of nitriles is 1. The van der Waals surface area contributed by atoms with E-state index in [0.717, 1.165) is 5.56 Å². The highest BCUT2D eigenvalue weighted by Gasteiger charge is 2.19. The van der Waals surface area contributed by atoms with Crippen LogP contribution in [-0.4, -0.2) is 19.1 Å². The van der Waals surface area contributed by atoms with E-state index in [2.05, 4.69) is 5.32 Å². The van der Waals surface area contributed by atoms with Crippen LogP contribution in [0.4, 0.5) is 0 Å². The van der Waals surface area contributed by atoms with Gasteiger partial charge in [-0.3, -0.25) is 4.79 Å². The van der Waals surface area contributed by atoms with E-state index in [-0.39, 0.29) is 18.6 Å². The molecule has 15 heavy (non-hydrogen) atoms. The molecule has 1 saturated heterocycles. The molecule has 1 aliphatic heterocycles. The third-order valence-corrected chi connectivity index (χ3v) is 2.30. The number of carbonyl (C=O) groups is 1. The van der Waals surface area contributed by atoms with Crippen molar-refractivity contribution in [3.05, 3.63) is 35.4 Å². The molecule has 1 aliphatic rings. The van der Waals surface area contributed by atoms with Crippen molar-refractivity contribution in [3.8, 4) is 6.07 Å². The van der Waals surface area contributed by atoms with Crippen molar-refractivity contribution in [1.82, 2.24) is 5.32 Å². The molecule has 1 aromatic rings. The summed E-state index contributed by atoms with van der Waals surface area (Å²) in [5.74, 6) is -0.101. The van der Waals surface area contributed by atoms with Crippen LogP contribution in [0.5, 0.6) is 0 Å². The SMILES string of the molecule is N#Cc1ccc([C@H]2COCC(=O)N2)cc1. The van der Waals surface area contributed by atoms with Gasteiger partial charge in [-0.05, 0) is 17.7 Å². The number of morpholine rings is 1. The first-order valence-corrected chi connectivity index (χ1v) is 4.67. The molecule has 0 saturated carbocycles. The number of benzene rings is 1. The van der Waals surface area contributed by atoms with Crippen molar-refractivity contribution in [2.45, 2.75) is 6.04 Å². The standard InChI is InChI=1S/C11H10N2O2/c12-5-8-1-3-9(4-2-8)10-6-15-7-11(14)13-10/h1-4,10H,6-7H2,(H,13,14)/t10-/m1/s1. The number of hydrogen-bond donors (Lipinski definition) is 1. The summed E-state index contributed by atoms with van der Waals surface area (Å²) in [5, 5.41) is 11.5. The Hall–Kier alpha value is -1.86. The summed E-state index contributed by atoms with van der Waals surface area (Å²) in [4.78, 5) is 11.1. The molecule has 1 N–H and O–H groups in total. The minimum absolute atomic E-state index is 0.0982. The molecule has 1 amide bonds. The van der Waals surface area contributed by atoms with Gasteiger partial charge in [0, 0.05) is 0 Å². The van der Waals surface area contributed by atoms with Gasteiger partial charge in [0.15, 0.2) is 0 Å². The molecule has 0 spiro atoms. The number of amides is 1. The lowest BCUT2D eigenvalue weighted by molar-refractivity contribution is -0.131. The van der Waals surface area contributed by atoms with Crippen LogP contribution in [0.3, 0.4) is 0 Å². The first-order valence-electron chi connectivity index (χ1n) is 4.67. The zero-order chi connectivity index (χ0) is 10.7. The quantitative estimate of drug-likeness (QED) is 0.730. The summed E-state index contributed by atoms with van der Waals surface area (Å²) >= 11 is 0. The molecule has 0 radical (unpaired) electrons. The number of hydrogen-bond acceptors (Lipinski definition) is 3. The molecule has 0 unspecified atom stereocenters. The highest BCUT2D eigenvalue weighted by atomic mass is 16.5. The highest BCUT2D eigenvalue weighted by Crippen LogP contribution is 2.16. The molecular weight excluding hydrogens is 192 g/mol. The molecule has 0 aliphatic carbocycles. The lowest BCUT2D eigenvalue weighted by atomic mass is 10.1. The van der Waals surface area contributed by atoms with Gasteiger partial charge in [-0.25, -0.2) is 0 Å². The summed E-state index contributed by atoms with van der Waals surface area (Å²) < 4.78 is 5.13. The Morgan fingerprint density at radius 2 is 2.13 bits per heavy atom. The van der Waals surface area contributed by atoms with Crippen molar-refractivity contribution < 1.29 is 9.53 Å². The van der Waals surface area contributed by atoms with Gasteiger partial charge in [0.05, 0.1) is 24.3 Å². The monoisotopic (exact) mass is 202 g/mol. The summed E-state index contributed by atoms with van der Waals surface area (Å²) in [7, 11) is 0. The molecule has 2 rings (SSSR count). The fraction of sp³-hybridized carbons (Fsp3) is 0.273. The van der Waals surface area contributed by atoms with E-state index < -0.39 is 0 Å². The number of nitrogens with zero attached hydrogens (tertiary/aromatic N) is 1. The van der Waals surface area contributed by atoms with Gasteiger partial charge in [0.2, 0.25) is 5.91 Å². The van der Waals surface area contributed by atoms with Gasteiger partial charge in [-0.1, -0.05) is 12.1 Å². The molecule has 1 fully saturated rings. The number of carbonyl (C=O) groups excluding carboxylic acids is 1. The van der Waals surface area contributed by atoms with Crippen molar-refractivity contribution in [3.63, 3.8) is 0 Å². The topological polar surface area (TPSA) is 62.1 Å². The Morgan fingerprint density at radius 1 is 1.40 bits per heavy atom. The average Bonchev–Trinajstić information content (AvgIpc) is 2.29. The molecular formula is C11H10N2O2. The van der Waals surface area contributed by atoms with Gasteiger partial charge in [0.1, 0.15) is 6.61 Å². The second-order valence-corrected chi connectivity index (χ2v) is 3.37. The predicted octanol–water partition coefficient (Wildman–Crippen LogP) is 0.746. The Balaban J connectivity index is 2.15. The second-order valence-electron chi connectivity index (χ2n) is 3.37. The Labute approximate surface area is 87.5 Å². The van der Waals surface area contributed by atoms with Gasteiger partial charge in [-0.2, -0.15) is 5.26 Å². The molecule has 1 atom stereocenters. The van der Waals surface area contributed by atoms with Crippen molar-refractivity contribution in [2.75, 3.05) is 13.2 Å². The van der Waals surface area contributed by atoms with Crippen molar-refractivity contribution >= 4 is 5.91 Å². The van der Waals surface area contributed by atoms with E-state index in [9.17, 15) is 4.79 Å². The third kappa shape index (κ3) is 2.14. The average molecular weight is 202 g/mol. The first kappa shape index (κ1) is 9.69. The molecule has 1 aromatic carbocycles. The fourth-order valence-electron chi connectivity index (χ4n) is 1.52. The minimum Gasteiger partial charge on any atom is -0.369 e. The molecule has 0 aromatic heterocycles. The maximum Gasteiger partial charge on any atom is 0.246 e. The molecule has 4 nitrogen and oxygen atoms in total. The highest BCUT2D eigenvalue weighted by molar-refractivity contribution is 5.78. The van der Waals surface area contributed by atoms with E-state index in [0.29, 0.717) is 12.2 Å². The lowest BCUT2D eigenvalue weighted by Gasteiger charge is -2.23. The summed E-state index contributed by atoms with van der Waals surface area (Å²) in [6.07, 6.45) is 0. The Morgan fingerprint density at radius 3 is 2.73 bits per heavy atom. The van der Waals surface area contributed by atoms with E-state index in [1.807, 2.05) is 18.2 Å². The summed E-state index contributed by atoms with van der Waals surface area (Å²) in [5.41, 5.74) is 1.57. The zero-order valence-corrected chi connectivity index (χ0v) is 8.06. The Kier molecular flexibility index (Phi) is 2.66. The third-order valence-electron chi connectivity index (χ3n) is 2.30. The van der Waals surface area contributed by atoms with Crippen LogP contribution in [0.2, 0.25) is 0 Å². The lowest BCUT2D eigenvalue weighted by Crippen LogP contribution is -2.39. The molecule has 0 bridgehead atoms. The van der Waals surface area contributed by atoms with E-state index in [4.69, 9.17) is 10.00 Å². The van der Waals surface area contributed by atoms with Gasteiger partial charge >= 0.3 is 0 Å².